The summed E-state index contributed by atoms with van der Waals surface area (Å²) in [5.41, 5.74) is 3.45. The van der Waals surface area contributed by atoms with Crippen molar-refractivity contribution in [3.8, 4) is 0 Å². The molecule has 376 valence electrons. The van der Waals surface area contributed by atoms with E-state index in [0.717, 1.165) is 34.4 Å². The van der Waals surface area contributed by atoms with E-state index in [1.807, 2.05) is 30.3 Å². The van der Waals surface area contributed by atoms with E-state index in [1.54, 1.807) is 41.3 Å². The highest BCUT2D eigenvalue weighted by atomic mass is 16.6. The Balaban J connectivity index is 0.000000193. The van der Waals surface area contributed by atoms with Gasteiger partial charge in [0.15, 0.2) is 0 Å². The van der Waals surface area contributed by atoms with E-state index < -0.39 is 47.7 Å². The number of aliphatic carboxylic acids is 1. The zero-order valence-corrected chi connectivity index (χ0v) is 38.2. The molecule has 10 rings (SSSR count). The Morgan fingerprint density at radius 1 is 0.662 bits per heavy atom. The van der Waals surface area contributed by atoms with Crippen LogP contribution in [0.2, 0.25) is 0 Å². The molecule has 19 heteroatoms. The molecule has 0 aromatic heterocycles. The second-order valence-electron chi connectivity index (χ2n) is 17.4. The second-order valence-corrected chi connectivity index (χ2v) is 17.4. The van der Waals surface area contributed by atoms with Gasteiger partial charge in [-0.15, -0.1) is 0 Å². The molecule has 71 heavy (non-hydrogen) atoms. The van der Waals surface area contributed by atoms with E-state index in [0.29, 0.717) is 59.3 Å². The molecule has 4 heterocycles. The molecule has 6 aliphatic rings. The van der Waals surface area contributed by atoms with Crippen molar-refractivity contribution in [3.05, 3.63) is 130 Å². The number of likely N-dealkylation sites (tertiary alicyclic amines) is 1. The van der Waals surface area contributed by atoms with Gasteiger partial charge in [0.05, 0.1) is 6.04 Å². The van der Waals surface area contributed by atoms with Crippen molar-refractivity contribution in [3.63, 3.8) is 0 Å². The number of rotatable bonds is 8. The van der Waals surface area contributed by atoms with Crippen LogP contribution in [-0.2, 0) is 52.7 Å². The van der Waals surface area contributed by atoms with Gasteiger partial charge in [-0.2, -0.15) is 0 Å². The van der Waals surface area contributed by atoms with Crippen LogP contribution in [0.15, 0.2) is 97.1 Å². The summed E-state index contributed by atoms with van der Waals surface area (Å²) in [5, 5.41) is 22.5. The number of carbonyl (C=O) groups excluding carboxylic acids is 7. The lowest BCUT2D eigenvalue weighted by Crippen LogP contribution is -2.44. The van der Waals surface area contributed by atoms with Gasteiger partial charge < -0.3 is 46.1 Å². The minimum absolute atomic E-state index is 0. The summed E-state index contributed by atoms with van der Waals surface area (Å²) >= 11 is 0. The van der Waals surface area contributed by atoms with E-state index in [-0.39, 0.29) is 51.8 Å². The van der Waals surface area contributed by atoms with E-state index in [1.165, 1.54) is 39.0 Å². The zero-order chi connectivity index (χ0) is 48.9. The summed E-state index contributed by atoms with van der Waals surface area (Å²) in [6, 6.07) is 30.4. The fourth-order valence-electron chi connectivity index (χ4n) is 9.95. The van der Waals surface area contributed by atoms with E-state index >= 15 is 0 Å². The maximum atomic E-state index is 13.4. The number of aryl methyl sites for hydroxylation is 2. The van der Waals surface area contributed by atoms with Crippen molar-refractivity contribution in [2.45, 2.75) is 89.5 Å². The number of fused-ring (bicyclic) bond motifs is 4. The second kappa shape index (κ2) is 22.3. The first kappa shape index (κ1) is 52.6. The van der Waals surface area contributed by atoms with Crippen LogP contribution in [0.5, 0.6) is 0 Å². The molecule has 4 saturated heterocycles. The lowest BCUT2D eigenvalue weighted by atomic mass is 9.94. The number of amides is 9. The Morgan fingerprint density at radius 3 is 1.62 bits per heavy atom. The first-order valence-corrected chi connectivity index (χ1v) is 23.0. The Morgan fingerprint density at radius 2 is 1.15 bits per heavy atom. The Hall–Kier alpha value is -7.80. The molecule has 0 unspecified atom stereocenters. The molecule has 0 bridgehead atoms. The average Bonchev–Trinajstić information content (AvgIpc) is 4.24. The molecule has 0 saturated carbocycles. The third-order valence-corrected chi connectivity index (χ3v) is 13.3. The quantitative estimate of drug-likeness (QED) is 0.105. The van der Waals surface area contributed by atoms with Gasteiger partial charge in [0.25, 0.3) is 11.8 Å². The number of nitrogens with one attached hydrogen (secondary N) is 5. The van der Waals surface area contributed by atoms with Gasteiger partial charge >= 0.3 is 30.2 Å². The molecule has 4 atom stereocenters. The molecule has 9 amide bonds. The number of hydrogen-bond donors (Lipinski definition) is 6. The maximum Gasteiger partial charge on any atom is 0.418 e. The van der Waals surface area contributed by atoms with Crippen molar-refractivity contribution >= 4 is 59.3 Å². The fraction of sp³-hybridized carbons (Fsp3) is 0.385. The zero-order valence-electron chi connectivity index (χ0n) is 38.2. The SMILES string of the molecule is C.C.CNC(=O)Nc1ccc2c(c1)CC[C@@]21OC(=O)N(CC(=O)N2CCC[C@@H]2c2ccccc2)C1=O.CNC(=O)Nc1ccc2c(c1)CC[C@@]21OC(=O)N(CC(=O)O)C1=O.c1ccc([C@H]2CCCN2)cc1. The standard InChI is InChI=1S/C25H26N4O5.C15H15N3O6.C10H13N.2CH4/c1-26-23(32)27-18-9-10-19-17(14-18)11-12-25(19)22(31)29(24(33)34-25)15-21(30)28-13-5-8-20(28)16-6-3-2-4-7-16;1-16-13(22)17-9-2-3-10-8(6-9)4-5-15(10)12(21)18(7-11(19)20)14(23)24-15;1-2-5-9(6-3-1)10-7-4-8-11-10;;/h2-4,6-7,9-10,14,20H,5,8,11-13,15H2,1H3,(H2,26,27,32);2-3,6H,4-5,7H2,1H3,(H,19,20)(H2,16,17,22);1-3,5-6,10-11H,4,7-8H2;2*1H4/t20-,25-;15-;10-;;/m111../s1. The molecular formula is C52H62N8O11. The molecule has 4 aliphatic heterocycles. The van der Waals surface area contributed by atoms with Crippen LogP contribution >= 0.6 is 0 Å². The van der Waals surface area contributed by atoms with Gasteiger partial charge in [-0.05, 0) is 91.6 Å². The molecule has 4 fully saturated rings. The largest absolute Gasteiger partial charge is 0.480 e. The number of imide groups is 2. The van der Waals surface area contributed by atoms with Gasteiger partial charge in [0, 0.05) is 62.0 Å². The summed E-state index contributed by atoms with van der Waals surface area (Å²) < 4.78 is 10.9. The topological polar surface area (TPSA) is 245 Å². The molecule has 4 aromatic carbocycles. The normalized spacial score (nSPS) is 22.1. The van der Waals surface area contributed by atoms with Gasteiger partial charge in [0.1, 0.15) is 13.1 Å². The van der Waals surface area contributed by atoms with Crippen LogP contribution in [-0.4, -0.2) is 108 Å². The van der Waals surface area contributed by atoms with Crippen molar-refractivity contribution in [1.82, 2.24) is 30.7 Å². The van der Waals surface area contributed by atoms with Crippen LogP contribution in [0.25, 0.3) is 0 Å². The summed E-state index contributed by atoms with van der Waals surface area (Å²) in [7, 11) is 3.01. The number of carboxylic acids is 1. The van der Waals surface area contributed by atoms with Crippen LogP contribution in [0, 0.1) is 0 Å². The van der Waals surface area contributed by atoms with E-state index in [4.69, 9.17) is 14.6 Å². The summed E-state index contributed by atoms with van der Waals surface area (Å²) in [5.74, 6) is -2.73. The number of hydrogen-bond acceptors (Lipinski definition) is 11. The smallest absolute Gasteiger partial charge is 0.418 e. The van der Waals surface area contributed by atoms with Gasteiger partial charge in [-0.3, -0.25) is 19.2 Å². The first-order valence-electron chi connectivity index (χ1n) is 23.0. The number of carbonyl (C=O) groups is 8. The highest BCUT2D eigenvalue weighted by molar-refractivity contribution is 6.07. The number of nitrogens with zero attached hydrogens (tertiary/aromatic N) is 3. The summed E-state index contributed by atoms with van der Waals surface area (Å²) in [6.45, 7) is 0.698. The average molecular weight is 975 g/mol. The molecule has 4 aromatic rings. The van der Waals surface area contributed by atoms with Crippen molar-refractivity contribution in [1.29, 1.82) is 0 Å². The van der Waals surface area contributed by atoms with Crippen molar-refractivity contribution in [2.24, 2.45) is 0 Å². The summed E-state index contributed by atoms with van der Waals surface area (Å²) in [4.78, 5) is 101. The molecule has 2 aliphatic carbocycles. The third-order valence-electron chi connectivity index (χ3n) is 13.3. The van der Waals surface area contributed by atoms with E-state index in [9.17, 15) is 38.4 Å². The predicted octanol–water partition coefficient (Wildman–Crippen LogP) is 6.95. The van der Waals surface area contributed by atoms with Crippen LogP contribution in [0.3, 0.4) is 0 Å². The molecule has 6 N–H and O–H groups in total. The van der Waals surface area contributed by atoms with Crippen LogP contribution in [0.4, 0.5) is 30.6 Å². The Bertz CT molecular complexity index is 2660. The highest BCUT2D eigenvalue weighted by Crippen LogP contribution is 2.47. The highest BCUT2D eigenvalue weighted by Gasteiger charge is 2.60. The number of anilines is 2. The fourth-order valence-corrected chi connectivity index (χ4v) is 9.95. The lowest BCUT2D eigenvalue weighted by molar-refractivity contribution is -0.144. The first-order chi connectivity index (χ1) is 33.3. The molecule has 0 radical (unpaired) electrons. The van der Waals surface area contributed by atoms with Crippen LogP contribution in [0.1, 0.15) is 98.8 Å². The number of carboxylic acid groups (broad SMARTS) is 1. The molecular weight excluding hydrogens is 913 g/mol. The minimum atomic E-state index is -1.46. The molecule has 2 spiro atoms. The Kier molecular flexibility index (Phi) is 16.5. The van der Waals surface area contributed by atoms with Gasteiger partial charge in [0.2, 0.25) is 17.1 Å². The van der Waals surface area contributed by atoms with E-state index in [2.05, 4.69) is 56.9 Å². The van der Waals surface area contributed by atoms with Crippen molar-refractivity contribution in [2.75, 3.05) is 50.9 Å². The van der Waals surface area contributed by atoms with Gasteiger partial charge in [-0.25, -0.2) is 29.0 Å². The van der Waals surface area contributed by atoms with Crippen molar-refractivity contribution < 1.29 is 52.9 Å². The number of benzene rings is 4. The minimum Gasteiger partial charge on any atom is -0.480 e. The summed E-state index contributed by atoms with van der Waals surface area (Å²) in [6.07, 6.45) is 4.11. The van der Waals surface area contributed by atoms with Gasteiger partial charge in [-0.1, -0.05) is 87.6 Å². The number of ether oxygens (including phenoxy) is 2. The predicted molar refractivity (Wildman–Crippen MR) is 263 cm³/mol. The maximum absolute atomic E-state index is 13.4. The van der Waals surface area contributed by atoms with Crippen LogP contribution < -0.4 is 26.6 Å². The Labute approximate surface area is 412 Å². The monoisotopic (exact) mass is 974 g/mol. The lowest BCUT2D eigenvalue weighted by Gasteiger charge is -2.26. The number of urea groups is 2. The molecule has 19 nitrogen and oxygen atoms in total. The third kappa shape index (κ3) is 10.7.